The molecule has 1 saturated heterocycles. The smallest absolute Gasteiger partial charge is 0.257 e. The van der Waals surface area contributed by atoms with Crippen molar-refractivity contribution in [2.24, 2.45) is 5.92 Å². The van der Waals surface area contributed by atoms with Gasteiger partial charge in [-0.2, -0.15) is 0 Å². The van der Waals surface area contributed by atoms with Gasteiger partial charge in [0.05, 0.1) is 16.6 Å². The number of likely N-dealkylation sites (tertiary alicyclic amines) is 1. The molecule has 1 aromatic carbocycles. The minimum Gasteiger partial charge on any atom is -0.508 e. The van der Waals surface area contributed by atoms with Crippen molar-refractivity contribution in [1.29, 1.82) is 0 Å². The van der Waals surface area contributed by atoms with Gasteiger partial charge in [0.15, 0.2) is 5.78 Å². The molecule has 1 amide bonds. The molecule has 0 aliphatic carbocycles. The standard InChI is InChI=1S/C21H21N3O4/c1-2-18-17-11-15(12-22-20(17)28-23-18)21(27)24-9-7-14(8-10-24)19(26)13-3-5-16(25)6-4-13/h3-6,11-12,14,25H,2,7-10H2,1H3. The average molecular weight is 379 g/mol. The minimum atomic E-state index is -0.112. The first-order valence-electron chi connectivity index (χ1n) is 9.43. The fourth-order valence-corrected chi connectivity index (χ4v) is 3.64. The van der Waals surface area contributed by atoms with E-state index in [-0.39, 0.29) is 23.4 Å². The Morgan fingerprint density at radius 2 is 1.89 bits per heavy atom. The topological polar surface area (TPSA) is 96.5 Å². The van der Waals surface area contributed by atoms with Crippen LogP contribution in [0.3, 0.4) is 0 Å². The SMILES string of the molecule is CCc1noc2ncc(C(=O)N3CCC(C(=O)c4ccc(O)cc4)CC3)cc12. The number of nitrogens with zero attached hydrogens (tertiary/aromatic N) is 3. The van der Waals surface area contributed by atoms with E-state index in [0.717, 1.165) is 11.1 Å². The molecule has 0 atom stereocenters. The van der Waals surface area contributed by atoms with Crippen LogP contribution < -0.4 is 0 Å². The highest BCUT2D eigenvalue weighted by atomic mass is 16.5. The normalized spacial score (nSPS) is 15.1. The zero-order chi connectivity index (χ0) is 19.7. The molecule has 3 heterocycles. The van der Waals surface area contributed by atoms with Crippen molar-refractivity contribution < 1.29 is 19.2 Å². The number of piperidine rings is 1. The maximum absolute atomic E-state index is 12.9. The fourth-order valence-electron chi connectivity index (χ4n) is 3.64. The number of aryl methyl sites for hydroxylation is 1. The van der Waals surface area contributed by atoms with E-state index in [4.69, 9.17) is 4.52 Å². The van der Waals surface area contributed by atoms with Crippen LogP contribution in [-0.4, -0.2) is 44.9 Å². The third kappa shape index (κ3) is 3.35. The Balaban J connectivity index is 1.44. The summed E-state index contributed by atoms with van der Waals surface area (Å²) in [5.41, 5.74) is 2.33. The molecule has 1 fully saturated rings. The van der Waals surface area contributed by atoms with Crippen LogP contribution in [0.2, 0.25) is 0 Å². The summed E-state index contributed by atoms with van der Waals surface area (Å²) < 4.78 is 5.17. The summed E-state index contributed by atoms with van der Waals surface area (Å²) in [7, 11) is 0. The Labute approximate surface area is 162 Å². The van der Waals surface area contributed by atoms with Crippen LogP contribution in [-0.2, 0) is 6.42 Å². The van der Waals surface area contributed by atoms with E-state index in [0.29, 0.717) is 49.2 Å². The minimum absolute atomic E-state index is 0.0623. The van der Waals surface area contributed by atoms with Crippen molar-refractivity contribution in [2.45, 2.75) is 26.2 Å². The second-order valence-electron chi connectivity index (χ2n) is 7.04. The van der Waals surface area contributed by atoms with Gasteiger partial charge in [0.25, 0.3) is 11.6 Å². The molecule has 4 rings (SSSR count). The highest BCUT2D eigenvalue weighted by Crippen LogP contribution is 2.25. The largest absolute Gasteiger partial charge is 0.508 e. The molecule has 7 nitrogen and oxygen atoms in total. The number of aromatic nitrogens is 2. The number of carbonyl (C=O) groups is 2. The number of benzene rings is 1. The van der Waals surface area contributed by atoms with Gasteiger partial charge in [-0.05, 0) is 49.6 Å². The van der Waals surface area contributed by atoms with E-state index in [2.05, 4.69) is 10.1 Å². The van der Waals surface area contributed by atoms with Crippen molar-refractivity contribution in [3.8, 4) is 5.75 Å². The Morgan fingerprint density at radius 1 is 1.18 bits per heavy atom. The molecule has 0 spiro atoms. The number of rotatable bonds is 4. The Morgan fingerprint density at radius 3 is 2.57 bits per heavy atom. The third-order valence-electron chi connectivity index (χ3n) is 5.29. The predicted molar refractivity (Wildman–Crippen MR) is 102 cm³/mol. The van der Waals surface area contributed by atoms with E-state index in [1.165, 1.54) is 18.3 Å². The van der Waals surface area contributed by atoms with E-state index >= 15 is 0 Å². The molecule has 1 N–H and O–H groups in total. The average Bonchev–Trinajstić information content (AvgIpc) is 3.15. The van der Waals surface area contributed by atoms with Gasteiger partial charge in [-0.3, -0.25) is 9.59 Å². The van der Waals surface area contributed by atoms with Crippen molar-refractivity contribution in [2.75, 3.05) is 13.1 Å². The molecule has 7 heteroatoms. The Hall–Kier alpha value is -3.22. The number of ketones is 1. The van der Waals surface area contributed by atoms with Gasteiger partial charge in [-0.15, -0.1) is 0 Å². The predicted octanol–water partition coefficient (Wildman–Crippen LogP) is 3.23. The van der Waals surface area contributed by atoms with Gasteiger partial charge < -0.3 is 14.5 Å². The lowest BCUT2D eigenvalue weighted by molar-refractivity contribution is 0.0650. The summed E-state index contributed by atoms with van der Waals surface area (Å²) in [6, 6.07) is 8.10. The number of aromatic hydroxyl groups is 1. The highest BCUT2D eigenvalue weighted by molar-refractivity contribution is 5.99. The number of phenolic OH excluding ortho intramolecular Hbond substituents is 1. The molecular weight excluding hydrogens is 358 g/mol. The zero-order valence-corrected chi connectivity index (χ0v) is 15.6. The molecule has 0 saturated carbocycles. The van der Waals surface area contributed by atoms with Gasteiger partial charge in [-0.1, -0.05) is 12.1 Å². The van der Waals surface area contributed by atoms with E-state index in [1.807, 2.05) is 6.92 Å². The first-order chi connectivity index (χ1) is 13.6. The number of hydrogen-bond donors (Lipinski definition) is 1. The van der Waals surface area contributed by atoms with Crippen LogP contribution in [0.1, 0.15) is 46.2 Å². The van der Waals surface area contributed by atoms with Crippen molar-refractivity contribution in [1.82, 2.24) is 15.0 Å². The van der Waals surface area contributed by atoms with Crippen LogP contribution >= 0.6 is 0 Å². The molecule has 3 aromatic rings. The lowest BCUT2D eigenvalue weighted by Gasteiger charge is -2.31. The molecule has 0 unspecified atom stereocenters. The molecule has 1 aliphatic heterocycles. The summed E-state index contributed by atoms with van der Waals surface area (Å²) in [6.07, 6.45) is 3.46. The fraction of sp³-hybridized carbons (Fsp3) is 0.333. The van der Waals surface area contributed by atoms with Gasteiger partial charge >= 0.3 is 0 Å². The van der Waals surface area contributed by atoms with E-state index < -0.39 is 0 Å². The van der Waals surface area contributed by atoms with Crippen LogP contribution in [0.4, 0.5) is 0 Å². The summed E-state index contributed by atoms with van der Waals surface area (Å²) in [4.78, 5) is 31.5. The number of amides is 1. The molecule has 2 aromatic heterocycles. The van der Waals surface area contributed by atoms with Crippen LogP contribution in [0.15, 0.2) is 41.1 Å². The number of hydrogen-bond acceptors (Lipinski definition) is 6. The molecule has 28 heavy (non-hydrogen) atoms. The first kappa shape index (κ1) is 18.2. The van der Waals surface area contributed by atoms with Gasteiger partial charge in [0.2, 0.25) is 0 Å². The van der Waals surface area contributed by atoms with Crippen LogP contribution in [0.25, 0.3) is 11.1 Å². The lowest BCUT2D eigenvalue weighted by Crippen LogP contribution is -2.40. The lowest BCUT2D eigenvalue weighted by atomic mass is 9.88. The Bertz CT molecular complexity index is 1020. The third-order valence-corrected chi connectivity index (χ3v) is 5.29. The summed E-state index contributed by atoms with van der Waals surface area (Å²) >= 11 is 0. The molecule has 1 aliphatic rings. The number of phenols is 1. The number of fused-ring (bicyclic) bond motifs is 1. The van der Waals surface area contributed by atoms with Crippen molar-refractivity contribution >= 4 is 22.8 Å². The quantitative estimate of drug-likeness (QED) is 0.699. The maximum atomic E-state index is 12.9. The van der Waals surface area contributed by atoms with Gasteiger partial charge in [0, 0.05) is 30.8 Å². The zero-order valence-electron chi connectivity index (χ0n) is 15.6. The molecule has 0 bridgehead atoms. The monoisotopic (exact) mass is 379 g/mol. The second kappa shape index (κ2) is 7.42. The summed E-state index contributed by atoms with van der Waals surface area (Å²) in [6.45, 7) is 3.02. The van der Waals surface area contributed by atoms with Crippen molar-refractivity contribution in [3.63, 3.8) is 0 Å². The van der Waals surface area contributed by atoms with Crippen LogP contribution in [0, 0.1) is 5.92 Å². The van der Waals surface area contributed by atoms with Gasteiger partial charge in [-0.25, -0.2) is 4.98 Å². The summed E-state index contributed by atoms with van der Waals surface area (Å²) in [5, 5.41) is 14.1. The molecular formula is C21H21N3O4. The highest BCUT2D eigenvalue weighted by Gasteiger charge is 2.29. The first-order valence-corrected chi connectivity index (χ1v) is 9.43. The molecule has 144 valence electrons. The second-order valence-corrected chi connectivity index (χ2v) is 7.04. The number of pyridine rings is 1. The number of carbonyl (C=O) groups excluding carboxylic acids is 2. The Kier molecular flexibility index (Phi) is 4.81. The van der Waals surface area contributed by atoms with Gasteiger partial charge in [0.1, 0.15) is 5.75 Å². The molecule has 0 radical (unpaired) electrons. The van der Waals surface area contributed by atoms with E-state index in [9.17, 15) is 14.7 Å². The number of Topliss-reactive ketones (excluding diaryl/α,β-unsaturated/α-hetero) is 1. The van der Waals surface area contributed by atoms with Crippen molar-refractivity contribution in [3.05, 3.63) is 53.3 Å². The maximum Gasteiger partial charge on any atom is 0.257 e. The van der Waals surface area contributed by atoms with Crippen LogP contribution in [0.5, 0.6) is 5.75 Å². The summed E-state index contributed by atoms with van der Waals surface area (Å²) in [5.74, 6) is 0.000919. The van der Waals surface area contributed by atoms with E-state index in [1.54, 1.807) is 23.1 Å².